The lowest BCUT2D eigenvalue weighted by Crippen LogP contribution is -2.47. The van der Waals surface area contributed by atoms with E-state index < -0.39 is 0 Å². The van der Waals surface area contributed by atoms with Crippen LogP contribution >= 0.6 is 11.6 Å². The summed E-state index contributed by atoms with van der Waals surface area (Å²) in [4.78, 5) is 16.2. The van der Waals surface area contributed by atoms with E-state index in [1.54, 1.807) is 17.0 Å². The van der Waals surface area contributed by atoms with Crippen LogP contribution in [0.25, 0.3) is 0 Å². The first-order valence-corrected chi connectivity index (χ1v) is 6.40. The van der Waals surface area contributed by atoms with Gasteiger partial charge in [-0.1, -0.05) is 11.6 Å². The molecule has 18 heavy (non-hydrogen) atoms. The Bertz CT molecular complexity index is 423. The molecular formula is C12H17ClN4O. The first-order chi connectivity index (χ1) is 8.58. The van der Waals surface area contributed by atoms with Crippen molar-refractivity contribution >= 4 is 17.5 Å². The molecule has 0 spiro atoms. The summed E-state index contributed by atoms with van der Waals surface area (Å²) in [7, 11) is 3.90. The van der Waals surface area contributed by atoms with Crippen molar-refractivity contribution < 1.29 is 4.79 Å². The standard InChI is InChI=1S/C12H17ClN4O/c1-16-7-3-4-9(8-16)17(2)12(18)10-5-6-11(13)15-14-10/h5-6,9H,3-4,7-8H2,1-2H3. The van der Waals surface area contributed by atoms with E-state index >= 15 is 0 Å². The van der Waals surface area contributed by atoms with E-state index in [0.29, 0.717) is 10.8 Å². The number of carbonyl (C=O) groups excluding carboxylic acids is 1. The second-order valence-electron chi connectivity index (χ2n) is 4.72. The zero-order chi connectivity index (χ0) is 13.1. The van der Waals surface area contributed by atoms with Gasteiger partial charge >= 0.3 is 0 Å². The van der Waals surface area contributed by atoms with Crippen molar-refractivity contribution in [2.24, 2.45) is 0 Å². The van der Waals surface area contributed by atoms with Crippen molar-refractivity contribution in [2.75, 3.05) is 27.2 Å². The Kier molecular flexibility index (Phi) is 4.14. The van der Waals surface area contributed by atoms with Crippen LogP contribution in [0.2, 0.25) is 5.15 Å². The van der Waals surface area contributed by atoms with Gasteiger partial charge in [-0.15, -0.1) is 10.2 Å². The summed E-state index contributed by atoms with van der Waals surface area (Å²) in [6, 6.07) is 3.44. The second-order valence-corrected chi connectivity index (χ2v) is 5.10. The zero-order valence-corrected chi connectivity index (χ0v) is 11.4. The maximum atomic E-state index is 12.2. The third-order valence-electron chi connectivity index (χ3n) is 3.32. The number of halogens is 1. The lowest BCUT2D eigenvalue weighted by atomic mass is 10.0. The molecule has 1 aromatic rings. The van der Waals surface area contributed by atoms with Crippen LogP contribution in [0.4, 0.5) is 0 Å². The van der Waals surface area contributed by atoms with E-state index in [1.165, 1.54) is 0 Å². The van der Waals surface area contributed by atoms with Gasteiger partial charge in [0.05, 0.1) is 0 Å². The fraction of sp³-hybridized carbons (Fsp3) is 0.583. The number of nitrogens with zero attached hydrogens (tertiary/aromatic N) is 4. The summed E-state index contributed by atoms with van der Waals surface area (Å²) in [5, 5.41) is 7.82. The minimum Gasteiger partial charge on any atom is -0.336 e. The number of hydrogen-bond donors (Lipinski definition) is 0. The molecular weight excluding hydrogens is 252 g/mol. The molecule has 1 aromatic heterocycles. The number of aromatic nitrogens is 2. The molecule has 1 amide bonds. The van der Waals surface area contributed by atoms with E-state index in [1.807, 2.05) is 7.05 Å². The Balaban J connectivity index is 2.06. The van der Waals surface area contributed by atoms with Gasteiger partial charge in [-0.3, -0.25) is 4.79 Å². The lowest BCUT2D eigenvalue weighted by molar-refractivity contribution is 0.0637. The van der Waals surface area contributed by atoms with E-state index in [2.05, 4.69) is 22.1 Å². The van der Waals surface area contributed by atoms with Crippen molar-refractivity contribution in [1.82, 2.24) is 20.0 Å². The second kappa shape index (κ2) is 5.63. The van der Waals surface area contributed by atoms with Crippen LogP contribution in [0.5, 0.6) is 0 Å². The van der Waals surface area contributed by atoms with Crippen LogP contribution in [0.3, 0.4) is 0 Å². The third-order valence-corrected chi connectivity index (χ3v) is 3.52. The predicted octanol–water partition coefficient (Wildman–Crippen LogP) is 1.30. The highest BCUT2D eigenvalue weighted by Gasteiger charge is 2.25. The molecule has 0 N–H and O–H groups in total. The normalized spacial score (nSPS) is 20.7. The molecule has 2 rings (SSSR count). The van der Waals surface area contributed by atoms with Gasteiger partial charge in [0.2, 0.25) is 0 Å². The Hall–Kier alpha value is -1.20. The minimum atomic E-state index is -0.0977. The monoisotopic (exact) mass is 268 g/mol. The van der Waals surface area contributed by atoms with Crippen LogP contribution in [0, 0.1) is 0 Å². The summed E-state index contributed by atoms with van der Waals surface area (Å²) < 4.78 is 0. The van der Waals surface area contributed by atoms with Crippen LogP contribution in [0.15, 0.2) is 12.1 Å². The van der Waals surface area contributed by atoms with Gasteiger partial charge in [0.15, 0.2) is 10.8 Å². The molecule has 0 aliphatic carbocycles. The first kappa shape index (κ1) is 13.2. The number of piperidine rings is 1. The maximum absolute atomic E-state index is 12.2. The Morgan fingerprint density at radius 2 is 2.28 bits per heavy atom. The molecule has 1 unspecified atom stereocenters. The van der Waals surface area contributed by atoms with E-state index in [-0.39, 0.29) is 11.9 Å². The number of carbonyl (C=O) groups is 1. The van der Waals surface area contributed by atoms with Crippen LogP contribution in [0.1, 0.15) is 23.3 Å². The molecule has 1 atom stereocenters. The molecule has 6 heteroatoms. The van der Waals surface area contributed by atoms with Crippen molar-refractivity contribution in [3.63, 3.8) is 0 Å². The molecule has 0 bridgehead atoms. The molecule has 0 saturated carbocycles. The molecule has 0 radical (unpaired) electrons. The first-order valence-electron chi connectivity index (χ1n) is 6.03. The molecule has 1 aliphatic rings. The zero-order valence-electron chi connectivity index (χ0n) is 10.6. The quantitative estimate of drug-likeness (QED) is 0.811. The van der Waals surface area contributed by atoms with E-state index in [0.717, 1.165) is 25.9 Å². The average Bonchev–Trinajstić information content (AvgIpc) is 2.38. The summed E-state index contributed by atoms with van der Waals surface area (Å²) >= 11 is 5.66. The lowest BCUT2D eigenvalue weighted by Gasteiger charge is -2.35. The Morgan fingerprint density at radius 3 is 2.89 bits per heavy atom. The maximum Gasteiger partial charge on any atom is 0.274 e. The number of likely N-dealkylation sites (N-methyl/N-ethyl adjacent to an activating group) is 2. The molecule has 1 fully saturated rings. The molecule has 5 nitrogen and oxygen atoms in total. The number of amides is 1. The fourth-order valence-electron chi connectivity index (χ4n) is 2.23. The summed E-state index contributed by atoms with van der Waals surface area (Å²) in [6.07, 6.45) is 2.15. The fourth-order valence-corrected chi connectivity index (χ4v) is 2.33. The van der Waals surface area contributed by atoms with E-state index in [4.69, 9.17) is 11.6 Å². The Labute approximate surface area is 112 Å². The van der Waals surface area contributed by atoms with Gasteiger partial charge < -0.3 is 9.80 Å². The van der Waals surface area contributed by atoms with Gasteiger partial charge in [-0.05, 0) is 38.6 Å². The summed E-state index contributed by atoms with van der Waals surface area (Å²) in [5.74, 6) is -0.0977. The van der Waals surface area contributed by atoms with Crippen molar-refractivity contribution in [1.29, 1.82) is 0 Å². The largest absolute Gasteiger partial charge is 0.336 e. The molecule has 2 heterocycles. The summed E-state index contributed by atoms with van der Waals surface area (Å²) in [6.45, 7) is 2.00. The predicted molar refractivity (Wildman–Crippen MR) is 69.7 cm³/mol. The highest BCUT2D eigenvalue weighted by molar-refractivity contribution is 6.29. The molecule has 1 saturated heterocycles. The van der Waals surface area contributed by atoms with E-state index in [9.17, 15) is 4.79 Å². The van der Waals surface area contributed by atoms with Crippen LogP contribution < -0.4 is 0 Å². The van der Waals surface area contributed by atoms with Gasteiger partial charge in [0.1, 0.15) is 0 Å². The van der Waals surface area contributed by atoms with Gasteiger partial charge in [0, 0.05) is 19.6 Å². The molecule has 0 aromatic carbocycles. The number of rotatable bonds is 2. The average molecular weight is 269 g/mol. The number of hydrogen-bond acceptors (Lipinski definition) is 4. The molecule has 1 aliphatic heterocycles. The van der Waals surface area contributed by atoms with Gasteiger partial charge in [0.25, 0.3) is 5.91 Å². The van der Waals surface area contributed by atoms with Crippen molar-refractivity contribution in [3.8, 4) is 0 Å². The Morgan fingerprint density at radius 1 is 1.50 bits per heavy atom. The van der Waals surface area contributed by atoms with Crippen molar-refractivity contribution in [2.45, 2.75) is 18.9 Å². The van der Waals surface area contributed by atoms with Gasteiger partial charge in [-0.2, -0.15) is 0 Å². The smallest absolute Gasteiger partial charge is 0.274 e. The summed E-state index contributed by atoms with van der Waals surface area (Å²) in [5.41, 5.74) is 0.343. The number of likely N-dealkylation sites (tertiary alicyclic amines) is 1. The minimum absolute atomic E-state index is 0.0977. The van der Waals surface area contributed by atoms with Crippen LogP contribution in [-0.4, -0.2) is 59.1 Å². The highest BCUT2D eigenvalue weighted by Crippen LogP contribution is 2.15. The molecule has 98 valence electrons. The van der Waals surface area contributed by atoms with Crippen LogP contribution in [-0.2, 0) is 0 Å². The van der Waals surface area contributed by atoms with Gasteiger partial charge in [-0.25, -0.2) is 0 Å². The van der Waals surface area contributed by atoms with Crippen molar-refractivity contribution in [3.05, 3.63) is 23.0 Å². The third kappa shape index (κ3) is 2.97. The SMILES string of the molecule is CN1CCCC(N(C)C(=O)c2ccc(Cl)nn2)C1. The topological polar surface area (TPSA) is 49.3 Å². The highest BCUT2D eigenvalue weighted by atomic mass is 35.5.